The van der Waals surface area contributed by atoms with E-state index in [9.17, 15) is 4.79 Å². The first-order valence-electron chi connectivity index (χ1n) is 8.09. The van der Waals surface area contributed by atoms with Gasteiger partial charge in [0.05, 0.1) is 19.1 Å². The number of hydrogen-bond acceptors (Lipinski definition) is 5. The number of carbonyl (C=O) groups excluding carboxylic acids is 1. The molecular weight excluding hydrogens is 362 g/mol. The standard InChI is InChI=1S/C16H22BrN3O3/c1-2-6-22-7-3-15(21)19-4-5-20-13(10-19)11-23-14-8-12(17)9-18-16(14)20/h8-9,13H,2-7,10-11H2,1H3. The van der Waals surface area contributed by atoms with E-state index in [0.29, 0.717) is 26.2 Å². The molecule has 6 nitrogen and oxygen atoms in total. The monoisotopic (exact) mass is 383 g/mol. The number of pyridine rings is 1. The van der Waals surface area contributed by atoms with Crippen molar-refractivity contribution in [2.75, 3.05) is 44.4 Å². The van der Waals surface area contributed by atoms with Crippen LogP contribution in [0.1, 0.15) is 19.8 Å². The van der Waals surface area contributed by atoms with Crippen molar-refractivity contribution in [3.05, 3.63) is 16.7 Å². The summed E-state index contributed by atoms with van der Waals surface area (Å²) in [7, 11) is 0. The minimum absolute atomic E-state index is 0.162. The largest absolute Gasteiger partial charge is 0.487 e. The highest BCUT2D eigenvalue weighted by atomic mass is 79.9. The molecule has 0 N–H and O–H groups in total. The van der Waals surface area contributed by atoms with Gasteiger partial charge < -0.3 is 19.3 Å². The first-order valence-corrected chi connectivity index (χ1v) is 8.89. The van der Waals surface area contributed by atoms with Crippen LogP contribution in [0.5, 0.6) is 5.75 Å². The van der Waals surface area contributed by atoms with E-state index in [1.165, 1.54) is 0 Å². The number of ether oxygens (including phenoxy) is 2. The Hall–Kier alpha value is -1.34. The van der Waals surface area contributed by atoms with E-state index in [0.717, 1.165) is 42.2 Å². The Morgan fingerprint density at radius 2 is 2.35 bits per heavy atom. The topological polar surface area (TPSA) is 54.9 Å². The fourth-order valence-corrected chi connectivity index (χ4v) is 3.30. The summed E-state index contributed by atoms with van der Waals surface area (Å²) in [6.45, 7) is 6.07. The summed E-state index contributed by atoms with van der Waals surface area (Å²) in [4.78, 5) is 20.9. The molecule has 0 aromatic carbocycles. The van der Waals surface area contributed by atoms with Crippen molar-refractivity contribution in [1.29, 1.82) is 0 Å². The number of piperazine rings is 1. The van der Waals surface area contributed by atoms with E-state index in [1.54, 1.807) is 6.20 Å². The average Bonchev–Trinajstić information content (AvgIpc) is 2.57. The predicted octanol–water partition coefficient (Wildman–Crippen LogP) is 2.07. The van der Waals surface area contributed by atoms with E-state index in [1.807, 2.05) is 11.0 Å². The van der Waals surface area contributed by atoms with Crippen LogP contribution in [0.4, 0.5) is 5.82 Å². The van der Waals surface area contributed by atoms with Gasteiger partial charge in [0.25, 0.3) is 0 Å². The molecule has 0 spiro atoms. The van der Waals surface area contributed by atoms with Gasteiger partial charge in [0.1, 0.15) is 6.61 Å². The third-order valence-electron chi connectivity index (χ3n) is 4.15. The van der Waals surface area contributed by atoms with E-state index in [2.05, 4.69) is 32.7 Å². The molecule has 1 fully saturated rings. The van der Waals surface area contributed by atoms with Gasteiger partial charge in [0.2, 0.25) is 5.91 Å². The number of amides is 1. The Bertz CT molecular complexity index is 570. The van der Waals surface area contributed by atoms with Gasteiger partial charge in [-0.05, 0) is 28.4 Å². The number of rotatable bonds is 5. The van der Waals surface area contributed by atoms with Gasteiger partial charge in [-0.15, -0.1) is 0 Å². The summed E-state index contributed by atoms with van der Waals surface area (Å²) in [5.41, 5.74) is 0. The van der Waals surface area contributed by atoms with Gasteiger partial charge in [0.15, 0.2) is 11.6 Å². The minimum atomic E-state index is 0.162. The third-order valence-corrected chi connectivity index (χ3v) is 4.58. The molecular formula is C16H22BrN3O3. The normalized spacial score (nSPS) is 19.8. The summed E-state index contributed by atoms with van der Waals surface area (Å²) in [6, 6.07) is 2.12. The molecule has 1 saturated heterocycles. The fraction of sp³-hybridized carbons (Fsp3) is 0.625. The first-order chi connectivity index (χ1) is 11.2. The summed E-state index contributed by atoms with van der Waals surface area (Å²) < 4.78 is 12.1. The summed E-state index contributed by atoms with van der Waals surface area (Å²) in [6.07, 6.45) is 3.22. The number of anilines is 1. The summed E-state index contributed by atoms with van der Waals surface area (Å²) in [5.74, 6) is 1.85. The van der Waals surface area contributed by atoms with Crippen molar-refractivity contribution in [1.82, 2.24) is 9.88 Å². The lowest BCUT2D eigenvalue weighted by Crippen LogP contribution is -2.58. The molecule has 1 atom stereocenters. The number of hydrogen-bond donors (Lipinski definition) is 0. The highest BCUT2D eigenvalue weighted by Gasteiger charge is 2.35. The van der Waals surface area contributed by atoms with Crippen LogP contribution >= 0.6 is 15.9 Å². The predicted molar refractivity (Wildman–Crippen MR) is 90.9 cm³/mol. The summed E-state index contributed by atoms with van der Waals surface area (Å²) in [5, 5.41) is 0. The van der Waals surface area contributed by atoms with Crippen molar-refractivity contribution in [3.63, 3.8) is 0 Å². The van der Waals surface area contributed by atoms with Crippen LogP contribution in [0.25, 0.3) is 0 Å². The molecule has 0 aliphatic carbocycles. The van der Waals surface area contributed by atoms with E-state index < -0.39 is 0 Å². The molecule has 23 heavy (non-hydrogen) atoms. The highest BCUT2D eigenvalue weighted by Crippen LogP contribution is 2.35. The lowest BCUT2D eigenvalue weighted by atomic mass is 10.1. The molecule has 2 aliphatic rings. The van der Waals surface area contributed by atoms with Crippen LogP contribution in [0.15, 0.2) is 16.7 Å². The number of nitrogens with zero attached hydrogens (tertiary/aromatic N) is 3. The molecule has 3 heterocycles. The van der Waals surface area contributed by atoms with Crippen molar-refractivity contribution >= 4 is 27.7 Å². The molecule has 1 amide bonds. The number of carbonyl (C=O) groups is 1. The highest BCUT2D eigenvalue weighted by molar-refractivity contribution is 9.10. The van der Waals surface area contributed by atoms with Crippen LogP contribution < -0.4 is 9.64 Å². The number of fused-ring (bicyclic) bond motifs is 3. The van der Waals surface area contributed by atoms with Crippen LogP contribution in [0, 0.1) is 0 Å². The molecule has 1 aromatic rings. The zero-order valence-electron chi connectivity index (χ0n) is 13.3. The van der Waals surface area contributed by atoms with Crippen LogP contribution in [-0.2, 0) is 9.53 Å². The Kier molecular flexibility index (Phi) is 5.38. The van der Waals surface area contributed by atoms with Crippen LogP contribution in [-0.4, -0.2) is 61.3 Å². The first kappa shape index (κ1) is 16.5. The molecule has 0 saturated carbocycles. The SMILES string of the molecule is CCCOCCC(=O)N1CCN2c3ncc(Br)cc3OCC2C1. The smallest absolute Gasteiger partial charge is 0.225 e. The Morgan fingerprint density at radius 3 is 3.17 bits per heavy atom. The van der Waals surface area contributed by atoms with Gasteiger partial charge in [-0.1, -0.05) is 6.92 Å². The van der Waals surface area contributed by atoms with Crippen LogP contribution in [0.2, 0.25) is 0 Å². The molecule has 0 bridgehead atoms. The Labute approximate surface area is 144 Å². The third kappa shape index (κ3) is 3.77. The molecule has 0 radical (unpaired) electrons. The maximum absolute atomic E-state index is 12.3. The summed E-state index contributed by atoms with van der Waals surface area (Å²) >= 11 is 3.42. The quantitative estimate of drug-likeness (QED) is 0.728. The zero-order chi connectivity index (χ0) is 16.2. The molecule has 3 rings (SSSR count). The van der Waals surface area contributed by atoms with Crippen molar-refractivity contribution in [2.24, 2.45) is 0 Å². The van der Waals surface area contributed by atoms with E-state index >= 15 is 0 Å². The van der Waals surface area contributed by atoms with E-state index in [-0.39, 0.29) is 11.9 Å². The lowest BCUT2D eigenvalue weighted by Gasteiger charge is -2.44. The maximum atomic E-state index is 12.3. The zero-order valence-corrected chi connectivity index (χ0v) is 14.9. The van der Waals surface area contributed by atoms with E-state index in [4.69, 9.17) is 9.47 Å². The van der Waals surface area contributed by atoms with Gasteiger partial charge >= 0.3 is 0 Å². The second-order valence-corrected chi connectivity index (χ2v) is 6.75. The van der Waals surface area contributed by atoms with Gasteiger partial charge in [-0.2, -0.15) is 0 Å². The molecule has 2 aliphatic heterocycles. The van der Waals surface area contributed by atoms with Crippen LogP contribution in [0.3, 0.4) is 0 Å². The number of halogens is 1. The Balaban J connectivity index is 1.58. The molecule has 1 unspecified atom stereocenters. The maximum Gasteiger partial charge on any atom is 0.225 e. The average molecular weight is 384 g/mol. The number of aromatic nitrogens is 1. The second-order valence-electron chi connectivity index (χ2n) is 5.84. The molecule has 7 heteroatoms. The van der Waals surface area contributed by atoms with Crippen molar-refractivity contribution in [3.8, 4) is 5.75 Å². The van der Waals surface area contributed by atoms with Gasteiger partial charge in [-0.3, -0.25) is 4.79 Å². The Morgan fingerprint density at radius 1 is 1.48 bits per heavy atom. The van der Waals surface area contributed by atoms with Gasteiger partial charge in [0, 0.05) is 36.9 Å². The second kappa shape index (κ2) is 7.49. The minimum Gasteiger partial charge on any atom is -0.487 e. The molecule has 126 valence electrons. The molecule has 1 aromatic heterocycles. The van der Waals surface area contributed by atoms with Crippen molar-refractivity contribution in [2.45, 2.75) is 25.8 Å². The lowest BCUT2D eigenvalue weighted by molar-refractivity contribution is -0.133. The van der Waals surface area contributed by atoms with Gasteiger partial charge in [-0.25, -0.2) is 4.98 Å². The fourth-order valence-electron chi connectivity index (χ4n) is 2.99. The van der Waals surface area contributed by atoms with Crippen molar-refractivity contribution < 1.29 is 14.3 Å².